The topological polar surface area (TPSA) is 23.6 Å². The molecule has 0 unspecified atom stereocenters. The molecule has 0 saturated carbocycles. The van der Waals surface area contributed by atoms with Gasteiger partial charge in [0, 0.05) is 24.0 Å². The summed E-state index contributed by atoms with van der Waals surface area (Å²) < 4.78 is 0. The molecule has 5 rings (SSSR count). The zero-order valence-electron chi connectivity index (χ0n) is 22.6. The molecule has 4 heterocycles. The molecule has 194 valence electrons. The van der Waals surface area contributed by atoms with Crippen LogP contribution in [0.4, 0.5) is 0 Å². The van der Waals surface area contributed by atoms with E-state index in [1.54, 1.807) is 11.3 Å². The van der Waals surface area contributed by atoms with Gasteiger partial charge in [-0.3, -0.25) is 4.79 Å². The highest BCUT2D eigenvalue weighted by atomic mass is 32.2. The van der Waals surface area contributed by atoms with E-state index < -0.39 is 0 Å². The Balaban J connectivity index is 0.000000815. The Bertz CT molecular complexity index is 888. The number of thioether (sulfide) groups is 1. The number of carbonyl (C=O) groups is 1. The van der Waals surface area contributed by atoms with E-state index in [4.69, 9.17) is 0 Å². The minimum absolute atomic E-state index is 0.228. The van der Waals surface area contributed by atoms with E-state index in [-0.39, 0.29) is 5.91 Å². The van der Waals surface area contributed by atoms with Crippen molar-refractivity contribution in [1.82, 2.24) is 9.80 Å². The van der Waals surface area contributed by atoms with Crippen molar-refractivity contribution in [3.05, 3.63) is 46.3 Å². The van der Waals surface area contributed by atoms with Gasteiger partial charge in [0.1, 0.15) is 0 Å². The maximum absolute atomic E-state index is 12.8. The van der Waals surface area contributed by atoms with E-state index in [1.165, 1.54) is 66.3 Å². The van der Waals surface area contributed by atoms with Crippen LogP contribution < -0.4 is 0 Å². The van der Waals surface area contributed by atoms with Gasteiger partial charge in [0.2, 0.25) is 0 Å². The van der Waals surface area contributed by atoms with E-state index >= 15 is 0 Å². The van der Waals surface area contributed by atoms with Crippen LogP contribution in [0.1, 0.15) is 92.9 Å². The summed E-state index contributed by atoms with van der Waals surface area (Å²) >= 11 is 3.79. The minimum atomic E-state index is 0.228. The van der Waals surface area contributed by atoms with E-state index in [0.29, 0.717) is 5.92 Å². The number of hydrogen-bond donors (Lipinski definition) is 0. The van der Waals surface area contributed by atoms with Crippen LogP contribution in [-0.2, 0) is 0 Å². The zero-order valence-corrected chi connectivity index (χ0v) is 24.3. The van der Waals surface area contributed by atoms with Gasteiger partial charge >= 0.3 is 0 Å². The Labute approximate surface area is 222 Å². The Morgan fingerprint density at radius 3 is 2.06 bits per heavy atom. The van der Waals surface area contributed by atoms with E-state index in [1.807, 2.05) is 32.6 Å². The van der Waals surface area contributed by atoms with Gasteiger partial charge in [-0.25, -0.2) is 0 Å². The summed E-state index contributed by atoms with van der Waals surface area (Å²) in [6.07, 6.45) is 7.62. The Kier molecular flexibility index (Phi) is 11.7. The molecule has 35 heavy (non-hydrogen) atoms. The summed E-state index contributed by atoms with van der Waals surface area (Å²) in [5.41, 5.74) is 3.85. The molecule has 3 nitrogen and oxygen atoms in total. The third kappa shape index (κ3) is 7.14. The SMILES string of the molecule is CC.CC.Cc1cc(-c2ccc(C3CCN(C4CCSCC4)CC3)cc2)sc1C(=O)N1CCCC1. The monoisotopic (exact) mass is 514 g/mol. The number of benzene rings is 1. The zero-order chi connectivity index (χ0) is 25.2. The maximum atomic E-state index is 12.8. The first kappa shape index (κ1) is 28.3. The third-order valence-corrected chi connectivity index (χ3v) is 9.73. The molecule has 1 aromatic carbocycles. The van der Waals surface area contributed by atoms with Crippen molar-refractivity contribution < 1.29 is 4.79 Å². The summed E-state index contributed by atoms with van der Waals surface area (Å²) in [6.45, 7) is 14.4. The molecular formula is C30H46N2OS2. The van der Waals surface area contributed by atoms with E-state index in [2.05, 4.69) is 53.9 Å². The molecule has 0 aliphatic carbocycles. The predicted molar refractivity (Wildman–Crippen MR) is 156 cm³/mol. The first-order valence-corrected chi connectivity index (χ1v) is 16.0. The van der Waals surface area contributed by atoms with Crippen LogP contribution in [-0.4, -0.2) is 59.4 Å². The number of carbonyl (C=O) groups excluding carboxylic acids is 1. The van der Waals surface area contributed by atoms with Crippen LogP contribution in [0.3, 0.4) is 0 Å². The fraction of sp³-hybridized carbons (Fsp3) is 0.633. The lowest BCUT2D eigenvalue weighted by atomic mass is 9.88. The van der Waals surface area contributed by atoms with Crippen molar-refractivity contribution in [1.29, 1.82) is 0 Å². The van der Waals surface area contributed by atoms with Crippen LogP contribution in [0.2, 0.25) is 0 Å². The lowest BCUT2D eigenvalue weighted by Gasteiger charge is -2.39. The van der Waals surface area contributed by atoms with Gasteiger partial charge in [-0.05, 0) is 98.7 Å². The second kappa shape index (κ2) is 14.4. The molecule has 2 aromatic rings. The van der Waals surface area contributed by atoms with Crippen LogP contribution >= 0.6 is 23.1 Å². The van der Waals surface area contributed by atoms with Crippen LogP contribution in [0.5, 0.6) is 0 Å². The average molecular weight is 515 g/mol. The maximum Gasteiger partial charge on any atom is 0.264 e. The highest BCUT2D eigenvalue weighted by Gasteiger charge is 2.27. The molecule has 3 saturated heterocycles. The molecule has 0 atom stereocenters. The second-order valence-electron chi connectivity index (χ2n) is 9.40. The largest absolute Gasteiger partial charge is 0.338 e. The minimum Gasteiger partial charge on any atom is -0.338 e. The highest BCUT2D eigenvalue weighted by molar-refractivity contribution is 7.99. The first-order chi connectivity index (χ1) is 17.2. The lowest BCUT2D eigenvalue weighted by Crippen LogP contribution is -2.42. The fourth-order valence-corrected chi connectivity index (χ4v) is 7.70. The van der Waals surface area contributed by atoms with Gasteiger partial charge in [0.15, 0.2) is 0 Å². The number of hydrogen-bond acceptors (Lipinski definition) is 4. The number of rotatable bonds is 4. The van der Waals surface area contributed by atoms with Crippen molar-refractivity contribution >= 4 is 29.0 Å². The number of likely N-dealkylation sites (tertiary alicyclic amines) is 2. The average Bonchev–Trinajstić information content (AvgIpc) is 3.62. The van der Waals surface area contributed by atoms with Gasteiger partial charge < -0.3 is 9.80 Å². The lowest BCUT2D eigenvalue weighted by molar-refractivity contribution is 0.0797. The summed E-state index contributed by atoms with van der Waals surface area (Å²) in [5.74, 6) is 3.62. The van der Waals surface area contributed by atoms with E-state index in [9.17, 15) is 4.79 Å². The summed E-state index contributed by atoms with van der Waals surface area (Å²) in [4.78, 5) is 19.8. The molecule has 0 bridgehead atoms. The third-order valence-electron chi connectivity index (χ3n) is 7.41. The summed E-state index contributed by atoms with van der Waals surface area (Å²) in [6, 6.07) is 12.3. The quantitative estimate of drug-likeness (QED) is 0.412. The molecule has 0 radical (unpaired) electrons. The molecule has 0 N–H and O–H groups in total. The van der Waals surface area contributed by atoms with Crippen molar-refractivity contribution in [2.45, 2.75) is 85.1 Å². The number of amides is 1. The molecular weight excluding hydrogens is 468 g/mol. The summed E-state index contributed by atoms with van der Waals surface area (Å²) in [7, 11) is 0. The van der Waals surface area contributed by atoms with Crippen molar-refractivity contribution in [3.8, 4) is 10.4 Å². The van der Waals surface area contributed by atoms with Gasteiger partial charge in [-0.1, -0.05) is 52.0 Å². The number of piperidine rings is 1. The molecule has 0 spiro atoms. The van der Waals surface area contributed by atoms with Crippen LogP contribution in [0.15, 0.2) is 30.3 Å². The predicted octanol–water partition coefficient (Wildman–Crippen LogP) is 8.09. The standard InChI is InChI=1S/C26H34N2OS2.2C2H6/c1-19-18-24(31-25(19)26(29)28-12-2-3-13-28)22-6-4-20(5-7-22)21-8-14-27(15-9-21)23-10-16-30-17-11-23;2*1-2/h4-7,18,21,23H,2-3,8-17H2,1H3;2*1-2H3. The van der Waals surface area contributed by atoms with Crippen molar-refractivity contribution in [2.75, 3.05) is 37.7 Å². The van der Waals surface area contributed by atoms with E-state index in [0.717, 1.165) is 42.4 Å². The fourth-order valence-electron chi connectivity index (χ4n) is 5.47. The van der Waals surface area contributed by atoms with Crippen LogP contribution in [0, 0.1) is 6.92 Å². The Morgan fingerprint density at radius 2 is 1.46 bits per heavy atom. The number of thiophene rings is 1. The van der Waals surface area contributed by atoms with Gasteiger partial charge in [0.05, 0.1) is 4.88 Å². The highest BCUT2D eigenvalue weighted by Crippen LogP contribution is 2.35. The van der Waals surface area contributed by atoms with Gasteiger partial charge in [-0.2, -0.15) is 11.8 Å². The first-order valence-electron chi connectivity index (χ1n) is 14.0. The van der Waals surface area contributed by atoms with Crippen molar-refractivity contribution in [2.24, 2.45) is 0 Å². The molecule has 3 aliphatic heterocycles. The summed E-state index contributed by atoms with van der Waals surface area (Å²) in [5, 5.41) is 0. The van der Waals surface area contributed by atoms with Gasteiger partial charge in [0.25, 0.3) is 5.91 Å². The smallest absolute Gasteiger partial charge is 0.264 e. The Hall–Kier alpha value is -1.30. The van der Waals surface area contributed by atoms with Crippen molar-refractivity contribution in [3.63, 3.8) is 0 Å². The molecule has 1 amide bonds. The molecule has 3 fully saturated rings. The molecule has 3 aliphatic rings. The van der Waals surface area contributed by atoms with Crippen LogP contribution in [0.25, 0.3) is 10.4 Å². The molecule has 1 aromatic heterocycles. The second-order valence-corrected chi connectivity index (χ2v) is 11.7. The number of aryl methyl sites for hydroxylation is 1. The molecule has 5 heteroatoms. The normalized spacial score (nSPS) is 19.5. The Morgan fingerprint density at radius 1 is 0.857 bits per heavy atom. The van der Waals surface area contributed by atoms with Gasteiger partial charge in [-0.15, -0.1) is 11.3 Å². The number of nitrogens with zero attached hydrogens (tertiary/aromatic N) is 2.